The smallest absolute Gasteiger partial charge is 0.335 e. The van der Waals surface area contributed by atoms with Gasteiger partial charge in [-0.1, -0.05) is 24.3 Å². The first-order valence-corrected chi connectivity index (χ1v) is 17.7. The lowest BCUT2D eigenvalue weighted by molar-refractivity contribution is 0.178. The van der Waals surface area contributed by atoms with Crippen molar-refractivity contribution >= 4 is 26.6 Å². The van der Waals surface area contributed by atoms with Gasteiger partial charge in [0.15, 0.2) is 5.82 Å². The highest BCUT2D eigenvalue weighted by molar-refractivity contribution is 7.92. The second-order valence-electron chi connectivity index (χ2n) is 12.1. The van der Waals surface area contributed by atoms with Crippen LogP contribution in [0.25, 0.3) is 27.7 Å². The lowest BCUT2D eigenvalue weighted by Crippen LogP contribution is -2.48. The first-order chi connectivity index (χ1) is 25.4. The number of hydrazine groups is 2. The molecule has 0 fully saturated rings. The van der Waals surface area contributed by atoms with Crippen molar-refractivity contribution in [2.24, 2.45) is 7.05 Å². The Kier molecular flexibility index (Phi) is 11.1. The maximum Gasteiger partial charge on any atom is 0.335 e. The molecule has 0 aliphatic carbocycles. The van der Waals surface area contributed by atoms with Crippen LogP contribution in [-0.2, 0) is 41.4 Å². The van der Waals surface area contributed by atoms with E-state index < -0.39 is 38.6 Å². The van der Waals surface area contributed by atoms with Crippen molar-refractivity contribution in [2.45, 2.75) is 37.4 Å². The SMILES string of the molecule is COCc1ncc(-c2ccc(S(=O)(=O)Nc3cc(F)c(CNNN[C@@H](C)Cc4ccc(-n5c(=O)c6ccncc6n(C)c5=O)cc4)cc3F)cc2)cn1. The molecule has 4 N–H and O–H groups in total. The quantitative estimate of drug-likeness (QED) is 0.0950. The van der Waals surface area contributed by atoms with E-state index in [4.69, 9.17) is 4.74 Å². The van der Waals surface area contributed by atoms with Gasteiger partial charge >= 0.3 is 5.69 Å². The fourth-order valence-electron chi connectivity index (χ4n) is 5.56. The lowest BCUT2D eigenvalue weighted by atomic mass is 10.1. The summed E-state index contributed by atoms with van der Waals surface area (Å²) in [6.07, 6.45) is 6.71. The van der Waals surface area contributed by atoms with Crippen LogP contribution >= 0.6 is 0 Å². The van der Waals surface area contributed by atoms with E-state index in [1.54, 1.807) is 49.8 Å². The standard InChI is InChI=1S/C36H35F2N9O5S/c1-22(14-23-4-8-27(9-5-23)47-35(48)29-12-13-39-20-33(29)46(2)36(47)49)43-45-42-19-25-15-31(38)32(16-30(25)37)44-53(50,51)28-10-6-24(7-11-28)26-17-40-34(21-52-3)41-18-26/h4-13,15-18,20,22,42-45H,14,19,21H2,1-3H3/t22-/m0/s1. The normalized spacial score (nSPS) is 12.2. The van der Waals surface area contributed by atoms with Crippen LogP contribution in [0.3, 0.4) is 0 Å². The number of anilines is 1. The van der Waals surface area contributed by atoms with Crippen LogP contribution in [-0.4, -0.2) is 45.7 Å². The number of hydrogen-bond acceptors (Lipinski definition) is 11. The summed E-state index contributed by atoms with van der Waals surface area (Å²) in [7, 11) is -1.12. The molecule has 0 saturated carbocycles. The van der Waals surface area contributed by atoms with Gasteiger partial charge in [0, 0.05) is 62.5 Å². The molecule has 17 heteroatoms. The van der Waals surface area contributed by atoms with E-state index in [-0.39, 0.29) is 29.7 Å². The fourth-order valence-corrected chi connectivity index (χ4v) is 6.62. The predicted octanol–water partition coefficient (Wildman–Crippen LogP) is 3.50. The van der Waals surface area contributed by atoms with Crippen molar-refractivity contribution in [3.8, 4) is 16.8 Å². The number of hydrogen-bond donors (Lipinski definition) is 4. The van der Waals surface area contributed by atoms with E-state index in [0.29, 0.717) is 40.0 Å². The van der Waals surface area contributed by atoms with Gasteiger partial charge in [-0.05, 0) is 60.9 Å². The Bertz CT molecular complexity index is 2480. The maximum atomic E-state index is 15.0. The molecule has 1 atom stereocenters. The lowest BCUT2D eigenvalue weighted by Gasteiger charge is -2.17. The first-order valence-electron chi connectivity index (χ1n) is 16.2. The number of ether oxygens (including phenoxy) is 1. The van der Waals surface area contributed by atoms with Crippen molar-refractivity contribution in [3.63, 3.8) is 0 Å². The number of nitrogens with zero attached hydrogens (tertiary/aromatic N) is 5. The van der Waals surface area contributed by atoms with E-state index >= 15 is 0 Å². The fraction of sp³-hybridized carbons (Fsp3) is 0.194. The van der Waals surface area contributed by atoms with Crippen LogP contribution in [0, 0.1) is 11.6 Å². The van der Waals surface area contributed by atoms with Gasteiger partial charge in [0.2, 0.25) is 0 Å². The molecule has 0 saturated heterocycles. The van der Waals surface area contributed by atoms with E-state index in [9.17, 15) is 26.8 Å². The molecule has 53 heavy (non-hydrogen) atoms. The Labute approximate surface area is 302 Å². The number of nitrogens with one attached hydrogen (secondary N) is 4. The molecule has 14 nitrogen and oxygen atoms in total. The van der Waals surface area contributed by atoms with Crippen LogP contribution in [0.1, 0.15) is 23.9 Å². The number of fused-ring (bicyclic) bond motifs is 1. The zero-order valence-electron chi connectivity index (χ0n) is 28.8. The van der Waals surface area contributed by atoms with Crippen LogP contribution < -0.4 is 32.4 Å². The average molecular weight is 744 g/mol. The molecule has 0 radical (unpaired) electrons. The summed E-state index contributed by atoms with van der Waals surface area (Å²) >= 11 is 0. The minimum Gasteiger partial charge on any atom is -0.377 e. The summed E-state index contributed by atoms with van der Waals surface area (Å²) in [4.78, 5) is 38.3. The molecule has 0 amide bonds. The van der Waals surface area contributed by atoms with Gasteiger partial charge in [0.05, 0.1) is 33.4 Å². The number of aryl methyl sites for hydroxylation is 1. The largest absolute Gasteiger partial charge is 0.377 e. The van der Waals surface area contributed by atoms with Crippen LogP contribution in [0.2, 0.25) is 0 Å². The van der Waals surface area contributed by atoms with Crippen LogP contribution in [0.15, 0.2) is 106 Å². The van der Waals surface area contributed by atoms with Crippen LogP contribution in [0.4, 0.5) is 14.5 Å². The molecule has 3 aromatic heterocycles. The minimum atomic E-state index is -4.24. The van der Waals surface area contributed by atoms with E-state index in [0.717, 1.165) is 22.3 Å². The Balaban J connectivity index is 1.01. The highest BCUT2D eigenvalue weighted by Gasteiger charge is 2.19. The van der Waals surface area contributed by atoms with Gasteiger partial charge in [-0.2, -0.15) is 5.53 Å². The summed E-state index contributed by atoms with van der Waals surface area (Å²) in [5, 5.41) is 0.376. The van der Waals surface area contributed by atoms with Crippen molar-refractivity contribution < 1.29 is 21.9 Å². The Morgan fingerprint density at radius 1 is 0.906 bits per heavy atom. The number of sulfonamides is 1. The second kappa shape index (κ2) is 15.9. The highest BCUT2D eigenvalue weighted by atomic mass is 32.2. The van der Waals surface area contributed by atoms with E-state index in [1.807, 2.05) is 19.1 Å². The third-order valence-electron chi connectivity index (χ3n) is 8.35. The number of benzene rings is 3. The van der Waals surface area contributed by atoms with Gasteiger partial charge in [-0.3, -0.25) is 19.1 Å². The molecule has 274 valence electrons. The molecule has 0 bridgehead atoms. The Morgan fingerprint density at radius 2 is 1.62 bits per heavy atom. The molecule has 0 aliphatic rings. The van der Waals surface area contributed by atoms with E-state index in [1.165, 1.54) is 36.2 Å². The third kappa shape index (κ3) is 8.34. The zero-order valence-corrected chi connectivity index (χ0v) is 29.6. The van der Waals surface area contributed by atoms with Crippen molar-refractivity contribution in [3.05, 3.63) is 141 Å². The zero-order chi connectivity index (χ0) is 37.7. The average Bonchev–Trinajstić information content (AvgIpc) is 3.15. The molecular formula is C36H35F2N9O5S. The summed E-state index contributed by atoms with van der Waals surface area (Å²) in [5.41, 5.74) is 10.2. The molecule has 3 heterocycles. The summed E-state index contributed by atoms with van der Waals surface area (Å²) in [6.45, 7) is 2.02. The summed E-state index contributed by atoms with van der Waals surface area (Å²) in [6, 6.07) is 16.0. The summed E-state index contributed by atoms with van der Waals surface area (Å²) in [5.74, 6) is -1.28. The molecule has 0 aliphatic heterocycles. The Hall–Kier alpha value is -5.72. The van der Waals surface area contributed by atoms with Gasteiger partial charge in [0.25, 0.3) is 15.6 Å². The van der Waals surface area contributed by atoms with E-state index in [2.05, 4.69) is 36.1 Å². The third-order valence-corrected chi connectivity index (χ3v) is 9.73. The molecule has 6 rings (SSSR count). The minimum absolute atomic E-state index is 0.0441. The number of rotatable bonds is 14. The predicted molar refractivity (Wildman–Crippen MR) is 194 cm³/mol. The van der Waals surface area contributed by atoms with Crippen LogP contribution in [0.5, 0.6) is 0 Å². The number of halogens is 2. The number of methoxy groups -OCH3 is 1. The maximum absolute atomic E-state index is 15.0. The Morgan fingerprint density at radius 3 is 2.32 bits per heavy atom. The van der Waals surface area contributed by atoms with Crippen molar-refractivity contribution in [1.82, 2.24) is 40.5 Å². The first kappa shape index (κ1) is 37.1. The molecule has 3 aromatic carbocycles. The molecule has 0 unspecified atom stereocenters. The highest BCUT2D eigenvalue weighted by Crippen LogP contribution is 2.25. The van der Waals surface area contributed by atoms with Gasteiger partial charge in [-0.15, -0.1) is 0 Å². The van der Waals surface area contributed by atoms with Gasteiger partial charge in [-0.25, -0.2) is 47.4 Å². The molecular weight excluding hydrogens is 709 g/mol. The summed E-state index contributed by atoms with van der Waals surface area (Å²) < 4.78 is 65.5. The molecule has 6 aromatic rings. The van der Waals surface area contributed by atoms with Gasteiger partial charge in [0.1, 0.15) is 18.2 Å². The second-order valence-corrected chi connectivity index (χ2v) is 13.8. The van der Waals surface area contributed by atoms with Gasteiger partial charge < -0.3 is 4.74 Å². The monoisotopic (exact) mass is 743 g/mol. The number of aromatic nitrogens is 5. The number of pyridine rings is 1. The van der Waals surface area contributed by atoms with Crippen molar-refractivity contribution in [1.29, 1.82) is 0 Å². The topological polar surface area (TPSA) is 174 Å². The van der Waals surface area contributed by atoms with Crippen molar-refractivity contribution in [2.75, 3.05) is 11.8 Å². The molecule has 0 spiro atoms.